The molecule has 2 heterocycles. The average molecular weight is 254 g/mol. The van der Waals surface area contributed by atoms with Crippen LogP contribution in [0.2, 0.25) is 5.15 Å². The summed E-state index contributed by atoms with van der Waals surface area (Å²) in [4.78, 5) is 24.8. The second-order valence-electron chi connectivity index (χ2n) is 4.67. The predicted molar refractivity (Wildman–Crippen MR) is 63.6 cm³/mol. The van der Waals surface area contributed by atoms with Gasteiger partial charge in [-0.25, -0.2) is 14.8 Å². The van der Waals surface area contributed by atoms with Crippen molar-refractivity contribution in [1.29, 1.82) is 0 Å². The highest BCUT2D eigenvalue weighted by molar-refractivity contribution is 6.33. The lowest BCUT2D eigenvalue weighted by Crippen LogP contribution is -2.31. The zero-order valence-electron chi connectivity index (χ0n) is 9.77. The van der Waals surface area contributed by atoms with E-state index in [1.54, 1.807) is 33.0 Å². The quantitative estimate of drug-likeness (QED) is 0.730. The molecule has 0 aliphatic rings. The van der Waals surface area contributed by atoms with Crippen LogP contribution in [0.15, 0.2) is 18.6 Å². The van der Waals surface area contributed by atoms with Crippen LogP contribution in [-0.2, 0) is 4.79 Å². The Kier molecular flexibility index (Phi) is 2.79. The summed E-state index contributed by atoms with van der Waals surface area (Å²) in [6, 6.07) is 1.70. The zero-order valence-corrected chi connectivity index (χ0v) is 10.5. The van der Waals surface area contributed by atoms with E-state index in [2.05, 4.69) is 9.97 Å². The minimum Gasteiger partial charge on any atom is -0.334 e. The van der Waals surface area contributed by atoms with Gasteiger partial charge in [0.15, 0.2) is 5.65 Å². The first-order chi connectivity index (χ1) is 7.89. The molecule has 5 nitrogen and oxygen atoms in total. The number of fused-ring (bicyclic) bond motifs is 1. The lowest BCUT2D eigenvalue weighted by Gasteiger charge is -2.16. The van der Waals surface area contributed by atoms with E-state index in [-0.39, 0.29) is 5.97 Å². The molecule has 0 aliphatic heterocycles. The molecule has 0 unspecified atom stereocenters. The maximum Gasteiger partial charge on any atom is 0.338 e. The summed E-state index contributed by atoms with van der Waals surface area (Å²) in [6.45, 7) is 5.34. The molecular formula is C11H12ClN3O2. The third kappa shape index (κ3) is 2.24. The Morgan fingerprint density at radius 2 is 2.12 bits per heavy atom. The molecular weight excluding hydrogens is 242 g/mol. The number of aromatic nitrogens is 3. The highest BCUT2D eigenvalue weighted by atomic mass is 35.5. The van der Waals surface area contributed by atoms with Gasteiger partial charge in [-0.3, -0.25) is 0 Å². The van der Waals surface area contributed by atoms with Crippen LogP contribution in [0.25, 0.3) is 11.0 Å². The first kappa shape index (κ1) is 11.9. The summed E-state index contributed by atoms with van der Waals surface area (Å²) >= 11 is 5.89. The Morgan fingerprint density at radius 3 is 2.76 bits per heavy atom. The van der Waals surface area contributed by atoms with Gasteiger partial charge < -0.3 is 4.84 Å². The van der Waals surface area contributed by atoms with E-state index in [4.69, 9.17) is 16.4 Å². The second kappa shape index (κ2) is 4.00. The standard InChI is InChI=1S/C11H12ClN3O2/c1-11(2,3)10(16)17-15-5-4-7-8(12)13-6-14-9(7)15/h4-6H,1-3H3. The number of rotatable bonds is 1. The zero-order chi connectivity index (χ0) is 12.6. The van der Waals surface area contributed by atoms with Gasteiger partial charge in [0, 0.05) is 6.20 Å². The third-order valence-corrected chi connectivity index (χ3v) is 2.49. The van der Waals surface area contributed by atoms with Crippen molar-refractivity contribution in [1.82, 2.24) is 14.7 Å². The SMILES string of the molecule is CC(C)(C)C(=O)On1ccc2c(Cl)ncnc21. The molecule has 2 aromatic rings. The summed E-state index contributed by atoms with van der Waals surface area (Å²) in [7, 11) is 0. The van der Waals surface area contributed by atoms with Gasteiger partial charge in [0.1, 0.15) is 11.5 Å². The van der Waals surface area contributed by atoms with Crippen LogP contribution in [0.4, 0.5) is 0 Å². The van der Waals surface area contributed by atoms with Gasteiger partial charge in [0.05, 0.1) is 10.8 Å². The average Bonchev–Trinajstić information content (AvgIpc) is 2.62. The third-order valence-electron chi connectivity index (χ3n) is 2.19. The molecule has 2 aromatic heterocycles. The van der Waals surface area contributed by atoms with E-state index in [1.807, 2.05) is 0 Å². The van der Waals surface area contributed by atoms with Crippen molar-refractivity contribution >= 4 is 28.6 Å². The molecule has 0 radical (unpaired) electrons. The molecule has 6 heteroatoms. The number of hydrogen-bond acceptors (Lipinski definition) is 4. The number of carbonyl (C=O) groups is 1. The van der Waals surface area contributed by atoms with Gasteiger partial charge >= 0.3 is 5.97 Å². The van der Waals surface area contributed by atoms with Crippen LogP contribution in [0, 0.1) is 5.41 Å². The van der Waals surface area contributed by atoms with Crippen LogP contribution in [0.3, 0.4) is 0 Å². The first-order valence-electron chi connectivity index (χ1n) is 5.10. The molecule has 0 fully saturated rings. The van der Waals surface area contributed by atoms with E-state index in [0.717, 1.165) is 0 Å². The molecule has 90 valence electrons. The molecule has 0 bridgehead atoms. The van der Waals surface area contributed by atoms with Crippen molar-refractivity contribution in [2.24, 2.45) is 5.41 Å². The molecule has 17 heavy (non-hydrogen) atoms. The molecule has 2 rings (SSSR count). The van der Waals surface area contributed by atoms with E-state index in [1.165, 1.54) is 11.1 Å². The van der Waals surface area contributed by atoms with Gasteiger partial charge in [-0.1, -0.05) is 11.6 Å². The summed E-state index contributed by atoms with van der Waals surface area (Å²) in [5.74, 6) is -0.343. The molecule has 0 saturated heterocycles. The monoisotopic (exact) mass is 253 g/mol. The lowest BCUT2D eigenvalue weighted by atomic mass is 9.98. The topological polar surface area (TPSA) is 57.0 Å². The summed E-state index contributed by atoms with van der Waals surface area (Å²) in [5.41, 5.74) is -0.101. The Labute approximate surface area is 103 Å². The fourth-order valence-corrected chi connectivity index (χ4v) is 1.39. The van der Waals surface area contributed by atoms with Crippen molar-refractivity contribution in [2.75, 3.05) is 0 Å². The Balaban J connectivity index is 2.38. The maximum atomic E-state index is 11.7. The Bertz CT molecular complexity index is 572. The van der Waals surface area contributed by atoms with Crippen molar-refractivity contribution in [3.63, 3.8) is 0 Å². The first-order valence-corrected chi connectivity index (χ1v) is 5.48. The number of carbonyl (C=O) groups excluding carboxylic acids is 1. The fraction of sp³-hybridized carbons (Fsp3) is 0.364. The highest BCUT2D eigenvalue weighted by Gasteiger charge is 2.25. The van der Waals surface area contributed by atoms with Crippen molar-refractivity contribution in [3.8, 4) is 0 Å². The molecule has 0 N–H and O–H groups in total. The van der Waals surface area contributed by atoms with Crippen molar-refractivity contribution < 1.29 is 9.63 Å². The lowest BCUT2D eigenvalue weighted by molar-refractivity contribution is -0.152. The van der Waals surface area contributed by atoms with E-state index in [0.29, 0.717) is 16.2 Å². The van der Waals surface area contributed by atoms with Crippen LogP contribution in [0.5, 0.6) is 0 Å². The van der Waals surface area contributed by atoms with Crippen LogP contribution in [-0.4, -0.2) is 20.7 Å². The minimum absolute atomic E-state index is 0.334. The van der Waals surface area contributed by atoms with E-state index in [9.17, 15) is 4.79 Å². The Hall–Kier alpha value is -1.62. The van der Waals surface area contributed by atoms with Gasteiger partial charge in [-0.2, -0.15) is 4.73 Å². The number of hydrogen-bond donors (Lipinski definition) is 0. The Morgan fingerprint density at radius 1 is 1.41 bits per heavy atom. The molecule has 0 saturated carbocycles. The number of halogens is 1. The highest BCUT2D eigenvalue weighted by Crippen LogP contribution is 2.20. The molecule has 0 aliphatic carbocycles. The second-order valence-corrected chi connectivity index (χ2v) is 5.03. The normalized spacial score (nSPS) is 11.8. The van der Waals surface area contributed by atoms with Crippen LogP contribution in [0.1, 0.15) is 20.8 Å². The number of nitrogens with zero attached hydrogens (tertiary/aromatic N) is 3. The van der Waals surface area contributed by atoms with Gasteiger partial charge in [0.2, 0.25) is 0 Å². The van der Waals surface area contributed by atoms with Crippen molar-refractivity contribution in [3.05, 3.63) is 23.7 Å². The van der Waals surface area contributed by atoms with Gasteiger partial charge in [-0.15, -0.1) is 0 Å². The van der Waals surface area contributed by atoms with Crippen LogP contribution >= 0.6 is 11.6 Å². The van der Waals surface area contributed by atoms with E-state index < -0.39 is 5.41 Å². The van der Waals surface area contributed by atoms with Gasteiger partial charge in [-0.05, 0) is 26.8 Å². The molecule has 0 amide bonds. The molecule has 0 aromatic carbocycles. The molecule has 0 spiro atoms. The summed E-state index contributed by atoms with van der Waals surface area (Å²) < 4.78 is 1.30. The fourth-order valence-electron chi connectivity index (χ4n) is 1.20. The minimum atomic E-state index is -0.576. The summed E-state index contributed by atoms with van der Waals surface area (Å²) in [6.07, 6.45) is 2.92. The van der Waals surface area contributed by atoms with Gasteiger partial charge in [0.25, 0.3) is 0 Å². The maximum absolute atomic E-state index is 11.7. The molecule has 0 atom stereocenters. The smallest absolute Gasteiger partial charge is 0.334 e. The van der Waals surface area contributed by atoms with E-state index >= 15 is 0 Å². The predicted octanol–water partition coefficient (Wildman–Crippen LogP) is 2.09. The van der Waals surface area contributed by atoms with Crippen molar-refractivity contribution in [2.45, 2.75) is 20.8 Å². The largest absolute Gasteiger partial charge is 0.338 e. The summed E-state index contributed by atoms with van der Waals surface area (Å²) in [5, 5.41) is 0.983. The van der Waals surface area contributed by atoms with Crippen LogP contribution < -0.4 is 4.84 Å².